The second-order valence-electron chi connectivity index (χ2n) is 8.55. The van der Waals surface area contributed by atoms with Crippen molar-refractivity contribution < 1.29 is 14.4 Å². The maximum absolute atomic E-state index is 13.4. The summed E-state index contributed by atoms with van der Waals surface area (Å²) < 4.78 is 2.03. The van der Waals surface area contributed by atoms with E-state index in [1.807, 2.05) is 79.2 Å². The van der Waals surface area contributed by atoms with Crippen LogP contribution in [0, 0.1) is 13.8 Å². The van der Waals surface area contributed by atoms with Gasteiger partial charge in [0.05, 0.1) is 5.69 Å². The number of nitrogens with zero attached hydrogens (tertiary/aromatic N) is 2. The van der Waals surface area contributed by atoms with Gasteiger partial charge in [-0.15, -0.1) is 0 Å². The number of fused-ring (bicyclic) bond motifs is 1. The molecule has 0 bridgehead atoms. The molecule has 0 spiro atoms. The van der Waals surface area contributed by atoms with Gasteiger partial charge in [0.2, 0.25) is 0 Å². The molecule has 0 aliphatic carbocycles. The average Bonchev–Trinajstić information content (AvgIpc) is 3.17. The number of aryl methyl sites for hydroxylation is 2. The number of carbonyl (C=O) groups is 3. The van der Waals surface area contributed by atoms with E-state index in [2.05, 4.69) is 5.32 Å². The molecule has 1 aliphatic heterocycles. The van der Waals surface area contributed by atoms with E-state index in [0.717, 1.165) is 32.5 Å². The number of carbonyl (C=O) groups excluding carboxylic acids is 3. The predicted octanol–water partition coefficient (Wildman–Crippen LogP) is 5.63. The van der Waals surface area contributed by atoms with Crippen molar-refractivity contribution in [3.63, 3.8) is 0 Å². The van der Waals surface area contributed by atoms with Crippen LogP contribution in [0.2, 0.25) is 5.02 Å². The molecule has 0 saturated carbocycles. The molecule has 174 valence electrons. The number of halogens is 1. The van der Waals surface area contributed by atoms with Crippen molar-refractivity contribution in [2.24, 2.45) is 0 Å². The van der Waals surface area contributed by atoms with Crippen molar-refractivity contribution in [2.45, 2.75) is 20.4 Å². The Morgan fingerprint density at radius 2 is 1.66 bits per heavy atom. The molecule has 1 aliphatic rings. The number of urea groups is 1. The van der Waals surface area contributed by atoms with E-state index in [0.29, 0.717) is 22.8 Å². The number of benzene rings is 3. The molecule has 1 aromatic heterocycles. The van der Waals surface area contributed by atoms with Crippen LogP contribution in [0.25, 0.3) is 17.0 Å². The summed E-state index contributed by atoms with van der Waals surface area (Å²) in [6.07, 6.45) is 3.43. The number of barbiturate groups is 1. The van der Waals surface area contributed by atoms with E-state index >= 15 is 0 Å². The Morgan fingerprint density at radius 3 is 2.43 bits per heavy atom. The van der Waals surface area contributed by atoms with Gasteiger partial charge in [-0.25, -0.2) is 9.69 Å². The molecule has 0 unspecified atom stereocenters. The summed E-state index contributed by atoms with van der Waals surface area (Å²) >= 11 is 6.37. The van der Waals surface area contributed by atoms with Crippen LogP contribution < -0.4 is 10.2 Å². The largest absolute Gasteiger partial charge is 0.342 e. The van der Waals surface area contributed by atoms with Gasteiger partial charge in [0, 0.05) is 34.2 Å². The highest BCUT2D eigenvalue weighted by Gasteiger charge is 2.37. The molecular weight excluding hydrogens is 462 g/mol. The van der Waals surface area contributed by atoms with Crippen molar-refractivity contribution in [3.8, 4) is 0 Å². The predicted molar refractivity (Wildman–Crippen MR) is 137 cm³/mol. The Bertz CT molecular complexity index is 1550. The minimum absolute atomic E-state index is 0.108. The molecule has 3 aromatic carbocycles. The number of nitrogens with one attached hydrogen (secondary N) is 1. The molecule has 1 fully saturated rings. The lowest BCUT2D eigenvalue weighted by atomic mass is 10.0. The third kappa shape index (κ3) is 4.13. The van der Waals surface area contributed by atoms with E-state index < -0.39 is 17.8 Å². The lowest BCUT2D eigenvalue weighted by molar-refractivity contribution is -0.122. The lowest BCUT2D eigenvalue weighted by Crippen LogP contribution is -2.54. The number of imide groups is 2. The van der Waals surface area contributed by atoms with Gasteiger partial charge in [0.15, 0.2) is 0 Å². The molecule has 4 amide bonds. The maximum atomic E-state index is 13.4. The Balaban J connectivity index is 1.58. The molecule has 5 rings (SSSR count). The molecule has 7 heteroatoms. The smallest absolute Gasteiger partial charge is 0.335 e. The monoisotopic (exact) mass is 483 g/mol. The first-order valence-electron chi connectivity index (χ1n) is 11.1. The van der Waals surface area contributed by atoms with Crippen LogP contribution in [0.5, 0.6) is 0 Å². The summed E-state index contributed by atoms with van der Waals surface area (Å²) in [6.45, 7) is 4.38. The number of hydrogen-bond donors (Lipinski definition) is 1. The van der Waals surface area contributed by atoms with Crippen LogP contribution >= 0.6 is 11.6 Å². The Labute approximate surface area is 207 Å². The van der Waals surface area contributed by atoms with E-state index in [-0.39, 0.29) is 5.57 Å². The molecule has 1 saturated heterocycles. The topological polar surface area (TPSA) is 71.4 Å². The summed E-state index contributed by atoms with van der Waals surface area (Å²) in [5.41, 5.74) is 4.86. The van der Waals surface area contributed by atoms with Gasteiger partial charge in [-0.2, -0.15) is 0 Å². The maximum Gasteiger partial charge on any atom is 0.335 e. The normalized spacial score (nSPS) is 15.2. The van der Waals surface area contributed by atoms with E-state index in [1.165, 1.54) is 0 Å². The first-order valence-corrected chi connectivity index (χ1v) is 11.5. The van der Waals surface area contributed by atoms with Crippen molar-refractivity contribution >= 4 is 52.1 Å². The zero-order valence-corrected chi connectivity index (χ0v) is 20.0. The van der Waals surface area contributed by atoms with E-state index in [9.17, 15) is 14.4 Å². The fraction of sp³-hybridized carbons (Fsp3) is 0.107. The van der Waals surface area contributed by atoms with Gasteiger partial charge in [-0.05, 0) is 60.9 Å². The highest BCUT2D eigenvalue weighted by Crippen LogP contribution is 2.28. The highest BCUT2D eigenvalue weighted by atomic mass is 35.5. The Kier molecular flexibility index (Phi) is 5.75. The molecular formula is C28H22ClN3O3. The fourth-order valence-corrected chi connectivity index (χ4v) is 4.44. The number of aromatic nitrogens is 1. The zero-order chi connectivity index (χ0) is 24.7. The van der Waals surface area contributed by atoms with Crippen LogP contribution in [-0.2, 0) is 16.1 Å². The summed E-state index contributed by atoms with van der Waals surface area (Å²) in [6, 6.07) is 19.9. The lowest BCUT2D eigenvalue weighted by Gasteiger charge is -2.26. The molecule has 6 nitrogen and oxygen atoms in total. The van der Waals surface area contributed by atoms with E-state index in [4.69, 9.17) is 11.6 Å². The Hall–Kier alpha value is -4.16. The second-order valence-corrected chi connectivity index (χ2v) is 8.95. The number of para-hydroxylation sites is 1. The fourth-order valence-electron chi connectivity index (χ4n) is 4.24. The quantitative estimate of drug-likeness (QED) is 0.302. The van der Waals surface area contributed by atoms with Crippen molar-refractivity contribution in [3.05, 3.63) is 106 Å². The van der Waals surface area contributed by atoms with Crippen molar-refractivity contribution in [1.29, 1.82) is 0 Å². The van der Waals surface area contributed by atoms with Gasteiger partial charge in [0.25, 0.3) is 11.8 Å². The number of amides is 4. The van der Waals surface area contributed by atoms with Gasteiger partial charge >= 0.3 is 6.03 Å². The summed E-state index contributed by atoms with van der Waals surface area (Å²) in [5, 5.41) is 3.84. The van der Waals surface area contributed by atoms with Crippen LogP contribution in [0.1, 0.15) is 22.3 Å². The molecule has 4 aromatic rings. The van der Waals surface area contributed by atoms with Crippen LogP contribution in [0.15, 0.2) is 78.5 Å². The van der Waals surface area contributed by atoms with Crippen molar-refractivity contribution in [1.82, 2.24) is 9.88 Å². The van der Waals surface area contributed by atoms with Gasteiger partial charge in [-0.1, -0.05) is 54.1 Å². The second kappa shape index (κ2) is 8.89. The zero-order valence-electron chi connectivity index (χ0n) is 19.2. The number of hydrogen-bond acceptors (Lipinski definition) is 3. The third-order valence-corrected chi connectivity index (χ3v) is 6.64. The van der Waals surface area contributed by atoms with Gasteiger partial charge in [-0.3, -0.25) is 14.9 Å². The SMILES string of the molecule is Cc1ccc(N2C(=O)NC(=O)/C(=C\c3cn(Cc4ccccc4Cl)c4ccccc34)C2=O)cc1C. The molecule has 0 atom stereocenters. The first-order chi connectivity index (χ1) is 16.8. The van der Waals surface area contributed by atoms with E-state index in [1.54, 1.807) is 18.2 Å². The molecule has 1 N–H and O–H groups in total. The molecule has 2 heterocycles. The third-order valence-electron chi connectivity index (χ3n) is 6.27. The van der Waals surface area contributed by atoms with Crippen molar-refractivity contribution in [2.75, 3.05) is 4.90 Å². The van der Waals surface area contributed by atoms with Crippen LogP contribution in [-0.4, -0.2) is 22.4 Å². The van der Waals surface area contributed by atoms with Gasteiger partial charge in [0.1, 0.15) is 5.57 Å². The summed E-state index contributed by atoms with van der Waals surface area (Å²) in [7, 11) is 0. The molecule has 0 radical (unpaired) electrons. The average molecular weight is 484 g/mol. The highest BCUT2D eigenvalue weighted by molar-refractivity contribution is 6.39. The van der Waals surface area contributed by atoms with Crippen LogP contribution in [0.4, 0.5) is 10.5 Å². The summed E-state index contributed by atoms with van der Waals surface area (Å²) in [4.78, 5) is 39.7. The minimum Gasteiger partial charge on any atom is -0.342 e. The first kappa shape index (κ1) is 22.6. The van der Waals surface area contributed by atoms with Crippen LogP contribution in [0.3, 0.4) is 0 Å². The number of anilines is 1. The number of rotatable bonds is 4. The summed E-state index contributed by atoms with van der Waals surface area (Å²) in [5.74, 6) is -1.38. The standard InChI is InChI=1S/C28H22ClN3O3/c1-17-11-12-21(13-18(17)2)32-27(34)23(26(33)30-28(32)35)14-20-16-31(25-10-6-4-8-22(20)25)15-19-7-3-5-9-24(19)29/h3-14,16H,15H2,1-2H3,(H,30,33,35)/b23-14+. The Morgan fingerprint density at radius 1 is 0.914 bits per heavy atom. The minimum atomic E-state index is -0.762. The molecule has 35 heavy (non-hydrogen) atoms. The van der Waals surface area contributed by atoms with Gasteiger partial charge < -0.3 is 4.57 Å².